The first-order valence-electron chi connectivity index (χ1n) is 10.8. The molecule has 7 rings (SSSR count). The van der Waals surface area contributed by atoms with Crippen LogP contribution in [0.4, 0.5) is 5.69 Å². The number of anilines is 1. The Morgan fingerprint density at radius 3 is 2.79 bits per heavy atom. The monoisotopic (exact) mass is 396 g/mol. The summed E-state index contributed by atoms with van der Waals surface area (Å²) in [5.41, 5.74) is 1.43. The van der Waals surface area contributed by atoms with E-state index in [-0.39, 0.29) is 22.7 Å². The van der Waals surface area contributed by atoms with Gasteiger partial charge < -0.3 is 14.4 Å². The van der Waals surface area contributed by atoms with Crippen molar-refractivity contribution in [2.24, 2.45) is 11.3 Å². The van der Waals surface area contributed by atoms with E-state index < -0.39 is 5.54 Å². The topological polar surface area (TPSA) is 59.1 Å². The third-order valence-electron chi connectivity index (χ3n) is 9.25. The molecule has 154 valence electrons. The molecule has 2 bridgehead atoms. The van der Waals surface area contributed by atoms with Crippen molar-refractivity contribution in [1.29, 1.82) is 0 Å². The van der Waals surface area contributed by atoms with Gasteiger partial charge in [-0.1, -0.05) is 12.1 Å². The minimum Gasteiger partial charge on any atom is -0.495 e. The number of methoxy groups -OCH3 is 2. The second-order valence-electron chi connectivity index (χ2n) is 9.66. The van der Waals surface area contributed by atoms with E-state index in [1.54, 1.807) is 7.11 Å². The zero-order valence-electron chi connectivity index (χ0n) is 17.1. The van der Waals surface area contributed by atoms with Crippen LogP contribution in [0.1, 0.15) is 44.1 Å². The second-order valence-corrected chi connectivity index (χ2v) is 9.66. The third kappa shape index (κ3) is 1.68. The Labute approximate surface area is 171 Å². The quantitative estimate of drug-likeness (QED) is 0.580. The number of hydrogen-bond acceptors (Lipinski definition) is 5. The van der Waals surface area contributed by atoms with Gasteiger partial charge in [0, 0.05) is 11.5 Å². The van der Waals surface area contributed by atoms with Crippen LogP contribution in [0.2, 0.25) is 0 Å². The van der Waals surface area contributed by atoms with E-state index in [9.17, 15) is 9.59 Å². The van der Waals surface area contributed by atoms with E-state index in [0.717, 1.165) is 56.6 Å². The molecule has 6 aliphatic rings. The summed E-state index contributed by atoms with van der Waals surface area (Å²) < 4.78 is 11.1. The lowest BCUT2D eigenvalue weighted by Gasteiger charge is -2.69. The largest absolute Gasteiger partial charge is 0.495 e. The number of carbonyl (C=O) groups is 2. The van der Waals surface area contributed by atoms with Gasteiger partial charge in [0.25, 0.3) is 0 Å². The smallest absolute Gasteiger partial charge is 0.311 e. The van der Waals surface area contributed by atoms with Crippen molar-refractivity contribution in [2.45, 2.75) is 55.5 Å². The molecule has 6 heteroatoms. The molecule has 3 aliphatic heterocycles. The molecule has 5 atom stereocenters. The van der Waals surface area contributed by atoms with Gasteiger partial charge in [0.2, 0.25) is 6.41 Å². The van der Waals surface area contributed by atoms with Crippen LogP contribution in [-0.2, 0) is 19.7 Å². The highest BCUT2D eigenvalue weighted by Crippen LogP contribution is 2.76. The lowest BCUT2D eigenvalue weighted by atomic mass is 9.38. The van der Waals surface area contributed by atoms with Gasteiger partial charge in [-0.05, 0) is 68.7 Å². The number of ether oxygens (including phenoxy) is 2. The zero-order valence-corrected chi connectivity index (χ0v) is 17.1. The Morgan fingerprint density at radius 1 is 1.17 bits per heavy atom. The number of hydrogen-bond donors (Lipinski definition) is 0. The van der Waals surface area contributed by atoms with Crippen molar-refractivity contribution in [2.75, 3.05) is 32.2 Å². The number of esters is 1. The van der Waals surface area contributed by atoms with Gasteiger partial charge in [-0.25, -0.2) is 0 Å². The number of carbonyl (C=O) groups excluding carboxylic acids is 2. The Bertz CT molecular complexity index is 918. The van der Waals surface area contributed by atoms with Crippen molar-refractivity contribution in [3.63, 3.8) is 0 Å². The van der Waals surface area contributed by atoms with E-state index in [0.29, 0.717) is 6.04 Å². The normalized spacial score (nSPS) is 41.5. The van der Waals surface area contributed by atoms with Crippen molar-refractivity contribution in [1.82, 2.24) is 4.90 Å². The summed E-state index contributed by atoms with van der Waals surface area (Å²) in [6.07, 6.45) is 7.05. The molecule has 1 amide bonds. The lowest BCUT2D eigenvalue weighted by molar-refractivity contribution is -0.175. The van der Waals surface area contributed by atoms with E-state index in [1.165, 1.54) is 25.5 Å². The van der Waals surface area contributed by atoms with Crippen LogP contribution >= 0.6 is 0 Å². The fourth-order valence-electron chi connectivity index (χ4n) is 8.65. The maximum absolute atomic E-state index is 13.2. The minimum absolute atomic E-state index is 0.134. The summed E-state index contributed by atoms with van der Waals surface area (Å²) in [7, 11) is 3.15. The van der Waals surface area contributed by atoms with Crippen molar-refractivity contribution < 1.29 is 19.1 Å². The van der Waals surface area contributed by atoms with Crippen LogP contribution in [0.3, 0.4) is 0 Å². The van der Waals surface area contributed by atoms with E-state index in [4.69, 9.17) is 9.47 Å². The fourth-order valence-corrected chi connectivity index (χ4v) is 8.65. The minimum atomic E-state index is -0.558. The third-order valence-corrected chi connectivity index (χ3v) is 9.25. The summed E-state index contributed by atoms with van der Waals surface area (Å²) in [5.74, 6) is 0.269. The van der Waals surface area contributed by atoms with Gasteiger partial charge in [-0.2, -0.15) is 0 Å². The maximum Gasteiger partial charge on any atom is 0.311 e. The number of para-hydroxylation sites is 1. The highest BCUT2D eigenvalue weighted by Gasteiger charge is 2.81. The van der Waals surface area contributed by atoms with Gasteiger partial charge in [0.05, 0.1) is 31.4 Å². The highest BCUT2D eigenvalue weighted by molar-refractivity contribution is 5.93. The fraction of sp³-hybridized carbons (Fsp3) is 0.652. The Hall–Kier alpha value is -2.08. The average molecular weight is 396 g/mol. The van der Waals surface area contributed by atoms with E-state index in [2.05, 4.69) is 11.0 Å². The molecule has 1 aromatic rings. The molecule has 0 N–H and O–H groups in total. The standard InChI is InChI=1S/C23H28N2O4/c1-28-17-6-3-5-15-18(17)25(14-26)23-9-8-21(13-16(23)19(27)29-2)7-4-11-24-12-10-22(15,23)20(21)24/h3,5-6,14,16,20H,4,7-13H2,1-2H3/t16-,20-,21+,22+,23+/m0/s1. The summed E-state index contributed by atoms with van der Waals surface area (Å²) >= 11 is 0. The number of rotatable bonds is 3. The summed E-state index contributed by atoms with van der Waals surface area (Å²) in [6.45, 7) is 2.15. The first-order valence-corrected chi connectivity index (χ1v) is 10.8. The van der Waals surface area contributed by atoms with E-state index >= 15 is 0 Å². The molecule has 3 aliphatic carbocycles. The zero-order chi connectivity index (χ0) is 20.0. The number of nitrogens with zero attached hydrogens (tertiary/aromatic N) is 2. The second kappa shape index (κ2) is 5.54. The summed E-state index contributed by atoms with van der Waals surface area (Å²) in [6, 6.07) is 6.55. The van der Waals surface area contributed by atoms with Crippen LogP contribution in [-0.4, -0.2) is 56.2 Å². The highest BCUT2D eigenvalue weighted by atomic mass is 16.5. The number of amides is 1. The van der Waals surface area contributed by atoms with Crippen LogP contribution in [0.25, 0.3) is 0 Å². The Morgan fingerprint density at radius 2 is 2.03 bits per heavy atom. The molecule has 29 heavy (non-hydrogen) atoms. The number of piperidine rings is 1. The van der Waals surface area contributed by atoms with Gasteiger partial charge in [-0.15, -0.1) is 0 Å². The van der Waals surface area contributed by atoms with Crippen LogP contribution in [0.15, 0.2) is 18.2 Å². The first kappa shape index (κ1) is 17.8. The Kier molecular flexibility index (Phi) is 3.39. The molecule has 0 aromatic heterocycles. The first-order chi connectivity index (χ1) is 14.1. The number of fused-ring (bicyclic) bond motifs is 3. The molecule has 6 nitrogen and oxygen atoms in total. The van der Waals surface area contributed by atoms with Crippen LogP contribution in [0, 0.1) is 11.3 Å². The SMILES string of the molecule is COC(=O)[C@@H]1C[C@@]23CCCN4CC[C@@]5(c6cccc(OC)c6N(C=O)[C@]15CC2)[C@@H]43. The van der Waals surface area contributed by atoms with Crippen LogP contribution in [0.5, 0.6) is 5.75 Å². The predicted octanol–water partition coefficient (Wildman–Crippen LogP) is 2.49. The van der Waals surface area contributed by atoms with Gasteiger partial charge >= 0.3 is 5.97 Å². The molecule has 2 saturated heterocycles. The van der Waals surface area contributed by atoms with E-state index in [1.807, 2.05) is 17.0 Å². The summed E-state index contributed by atoms with van der Waals surface area (Å²) in [4.78, 5) is 30.4. The van der Waals surface area contributed by atoms with Gasteiger partial charge in [0.1, 0.15) is 5.75 Å². The summed E-state index contributed by atoms with van der Waals surface area (Å²) in [5, 5.41) is 0. The molecular formula is C23H28N2O4. The molecule has 0 radical (unpaired) electrons. The maximum atomic E-state index is 13.2. The lowest BCUT2D eigenvalue weighted by Crippen LogP contribution is -2.78. The Balaban J connectivity index is 1.70. The van der Waals surface area contributed by atoms with Crippen LogP contribution < -0.4 is 9.64 Å². The van der Waals surface area contributed by atoms with Crippen molar-refractivity contribution >= 4 is 18.1 Å². The molecule has 0 unspecified atom stereocenters. The molecule has 3 heterocycles. The average Bonchev–Trinajstić information content (AvgIpc) is 3.28. The number of benzene rings is 1. The predicted molar refractivity (Wildman–Crippen MR) is 107 cm³/mol. The molecular weight excluding hydrogens is 368 g/mol. The van der Waals surface area contributed by atoms with Gasteiger partial charge in [-0.3, -0.25) is 14.5 Å². The molecule has 1 aromatic carbocycles. The molecule has 3 saturated carbocycles. The van der Waals surface area contributed by atoms with Crippen molar-refractivity contribution in [3.8, 4) is 5.75 Å². The molecule has 3 spiro atoms. The van der Waals surface area contributed by atoms with Crippen molar-refractivity contribution in [3.05, 3.63) is 23.8 Å². The molecule has 5 fully saturated rings. The van der Waals surface area contributed by atoms with Gasteiger partial charge in [0.15, 0.2) is 0 Å².